The molecule has 0 saturated carbocycles. The van der Waals surface area contributed by atoms with Crippen LogP contribution in [0.3, 0.4) is 0 Å². The molecule has 2 N–H and O–H groups in total. The van der Waals surface area contributed by atoms with E-state index in [9.17, 15) is 0 Å². The Labute approximate surface area is 115 Å². The molecule has 2 nitrogen and oxygen atoms in total. The van der Waals surface area contributed by atoms with Crippen LogP contribution in [0.15, 0.2) is 48.5 Å². The zero-order chi connectivity index (χ0) is 13.7. The van der Waals surface area contributed by atoms with Crippen molar-refractivity contribution < 1.29 is 4.74 Å². The molecule has 0 fully saturated rings. The molecule has 100 valence electrons. The molecule has 0 bridgehead atoms. The SMILES string of the molecule is CCOc1ccccc1CC(N)c1ccc(C)cc1. The minimum atomic E-state index is 0.00204. The average Bonchev–Trinajstić information content (AvgIpc) is 2.42. The van der Waals surface area contributed by atoms with Gasteiger partial charge in [0, 0.05) is 6.04 Å². The molecule has 2 aromatic rings. The van der Waals surface area contributed by atoms with E-state index in [1.807, 2.05) is 25.1 Å². The summed E-state index contributed by atoms with van der Waals surface area (Å²) in [4.78, 5) is 0. The zero-order valence-electron chi connectivity index (χ0n) is 11.6. The van der Waals surface area contributed by atoms with Gasteiger partial charge in [0.25, 0.3) is 0 Å². The highest BCUT2D eigenvalue weighted by molar-refractivity contribution is 5.35. The Bertz CT molecular complexity index is 519. The first kappa shape index (κ1) is 13.6. The predicted molar refractivity (Wildman–Crippen MR) is 79.4 cm³/mol. The Balaban J connectivity index is 2.14. The summed E-state index contributed by atoms with van der Waals surface area (Å²) in [7, 11) is 0. The fourth-order valence-electron chi connectivity index (χ4n) is 2.14. The van der Waals surface area contributed by atoms with Gasteiger partial charge in [-0.2, -0.15) is 0 Å². The summed E-state index contributed by atoms with van der Waals surface area (Å²) in [5.74, 6) is 0.938. The van der Waals surface area contributed by atoms with Crippen molar-refractivity contribution in [2.45, 2.75) is 26.3 Å². The Morgan fingerprint density at radius 3 is 2.42 bits per heavy atom. The van der Waals surface area contributed by atoms with Crippen LogP contribution in [0.5, 0.6) is 5.75 Å². The Morgan fingerprint density at radius 1 is 1.05 bits per heavy atom. The summed E-state index contributed by atoms with van der Waals surface area (Å²) in [6.45, 7) is 4.76. The van der Waals surface area contributed by atoms with Gasteiger partial charge < -0.3 is 10.5 Å². The lowest BCUT2D eigenvalue weighted by molar-refractivity contribution is 0.335. The molecule has 19 heavy (non-hydrogen) atoms. The molecule has 0 amide bonds. The minimum Gasteiger partial charge on any atom is -0.494 e. The molecule has 1 atom stereocenters. The van der Waals surface area contributed by atoms with Gasteiger partial charge in [-0.1, -0.05) is 48.0 Å². The van der Waals surface area contributed by atoms with E-state index in [0.29, 0.717) is 6.61 Å². The van der Waals surface area contributed by atoms with Crippen LogP contribution in [-0.2, 0) is 6.42 Å². The van der Waals surface area contributed by atoms with E-state index in [-0.39, 0.29) is 6.04 Å². The second-order valence-electron chi connectivity index (χ2n) is 4.76. The lowest BCUT2D eigenvalue weighted by atomic mass is 9.98. The summed E-state index contributed by atoms with van der Waals surface area (Å²) in [6.07, 6.45) is 0.791. The molecule has 2 heteroatoms. The fourth-order valence-corrected chi connectivity index (χ4v) is 2.14. The highest BCUT2D eigenvalue weighted by Crippen LogP contribution is 2.24. The lowest BCUT2D eigenvalue weighted by Gasteiger charge is -2.15. The van der Waals surface area contributed by atoms with E-state index in [2.05, 4.69) is 37.3 Å². The summed E-state index contributed by atoms with van der Waals surface area (Å²) < 4.78 is 5.64. The van der Waals surface area contributed by atoms with E-state index in [0.717, 1.165) is 23.3 Å². The zero-order valence-corrected chi connectivity index (χ0v) is 11.6. The van der Waals surface area contributed by atoms with E-state index >= 15 is 0 Å². The topological polar surface area (TPSA) is 35.2 Å². The van der Waals surface area contributed by atoms with E-state index < -0.39 is 0 Å². The maximum absolute atomic E-state index is 6.29. The van der Waals surface area contributed by atoms with Crippen LogP contribution in [0.25, 0.3) is 0 Å². The highest BCUT2D eigenvalue weighted by Gasteiger charge is 2.10. The van der Waals surface area contributed by atoms with Crippen molar-refractivity contribution in [3.63, 3.8) is 0 Å². The summed E-state index contributed by atoms with van der Waals surface area (Å²) >= 11 is 0. The molecule has 0 aromatic heterocycles. The molecule has 0 aliphatic carbocycles. The van der Waals surface area contributed by atoms with Gasteiger partial charge in [0.1, 0.15) is 5.75 Å². The first-order valence-corrected chi connectivity index (χ1v) is 6.73. The highest BCUT2D eigenvalue weighted by atomic mass is 16.5. The summed E-state index contributed by atoms with van der Waals surface area (Å²) in [6, 6.07) is 16.5. The van der Waals surface area contributed by atoms with Crippen molar-refractivity contribution >= 4 is 0 Å². The molecule has 0 saturated heterocycles. The van der Waals surface area contributed by atoms with Crippen LogP contribution in [-0.4, -0.2) is 6.61 Å². The third-order valence-electron chi connectivity index (χ3n) is 3.22. The number of benzene rings is 2. The second-order valence-corrected chi connectivity index (χ2v) is 4.76. The van der Waals surface area contributed by atoms with Gasteiger partial charge >= 0.3 is 0 Å². The molecule has 2 aromatic carbocycles. The molecule has 2 rings (SSSR count). The Kier molecular flexibility index (Phi) is 4.58. The predicted octanol–water partition coefficient (Wildman–Crippen LogP) is 3.64. The van der Waals surface area contributed by atoms with Crippen molar-refractivity contribution in [2.24, 2.45) is 5.73 Å². The van der Waals surface area contributed by atoms with Crippen LogP contribution >= 0.6 is 0 Å². The standard InChI is InChI=1S/C17H21NO/c1-3-19-17-7-5-4-6-15(17)12-16(18)14-10-8-13(2)9-11-14/h4-11,16H,3,12,18H2,1-2H3. The molecule has 0 aliphatic rings. The molecule has 0 heterocycles. The van der Waals surface area contributed by atoms with E-state index in [4.69, 9.17) is 10.5 Å². The van der Waals surface area contributed by atoms with Crippen LogP contribution in [0, 0.1) is 6.92 Å². The van der Waals surface area contributed by atoms with Crippen molar-refractivity contribution in [1.82, 2.24) is 0 Å². The number of hydrogen-bond donors (Lipinski definition) is 1. The van der Waals surface area contributed by atoms with Gasteiger partial charge in [0.2, 0.25) is 0 Å². The third-order valence-corrected chi connectivity index (χ3v) is 3.22. The van der Waals surface area contributed by atoms with Gasteiger partial charge in [-0.25, -0.2) is 0 Å². The van der Waals surface area contributed by atoms with Crippen LogP contribution < -0.4 is 10.5 Å². The quantitative estimate of drug-likeness (QED) is 0.885. The average molecular weight is 255 g/mol. The van der Waals surface area contributed by atoms with Crippen molar-refractivity contribution in [2.75, 3.05) is 6.61 Å². The minimum absolute atomic E-state index is 0.00204. The maximum atomic E-state index is 6.29. The van der Waals surface area contributed by atoms with Crippen molar-refractivity contribution in [3.05, 3.63) is 65.2 Å². The van der Waals surface area contributed by atoms with Gasteiger partial charge in [-0.15, -0.1) is 0 Å². The molecular formula is C17H21NO. The van der Waals surface area contributed by atoms with Crippen LogP contribution in [0.4, 0.5) is 0 Å². The largest absolute Gasteiger partial charge is 0.494 e. The van der Waals surface area contributed by atoms with Crippen LogP contribution in [0.2, 0.25) is 0 Å². The monoisotopic (exact) mass is 255 g/mol. The van der Waals surface area contributed by atoms with Gasteiger partial charge in [0.15, 0.2) is 0 Å². The van der Waals surface area contributed by atoms with E-state index in [1.54, 1.807) is 0 Å². The number of aryl methyl sites for hydroxylation is 1. The van der Waals surface area contributed by atoms with Gasteiger partial charge in [0.05, 0.1) is 6.61 Å². The number of ether oxygens (including phenoxy) is 1. The number of para-hydroxylation sites is 1. The van der Waals surface area contributed by atoms with Crippen molar-refractivity contribution in [3.8, 4) is 5.75 Å². The van der Waals surface area contributed by atoms with Crippen molar-refractivity contribution in [1.29, 1.82) is 0 Å². The first-order chi connectivity index (χ1) is 9.20. The smallest absolute Gasteiger partial charge is 0.122 e. The molecular weight excluding hydrogens is 234 g/mol. The first-order valence-electron chi connectivity index (χ1n) is 6.73. The summed E-state index contributed by atoms with van der Waals surface area (Å²) in [5.41, 5.74) is 9.87. The normalized spacial score (nSPS) is 12.2. The molecule has 1 unspecified atom stereocenters. The fraction of sp³-hybridized carbons (Fsp3) is 0.294. The Hall–Kier alpha value is -1.80. The molecule has 0 spiro atoms. The van der Waals surface area contributed by atoms with Gasteiger partial charge in [-0.05, 0) is 37.5 Å². The number of rotatable bonds is 5. The van der Waals surface area contributed by atoms with Gasteiger partial charge in [-0.3, -0.25) is 0 Å². The third kappa shape index (κ3) is 3.58. The van der Waals surface area contributed by atoms with E-state index in [1.165, 1.54) is 5.56 Å². The lowest BCUT2D eigenvalue weighted by Crippen LogP contribution is -2.14. The molecule has 0 aliphatic heterocycles. The summed E-state index contributed by atoms with van der Waals surface area (Å²) in [5, 5.41) is 0. The molecule has 0 radical (unpaired) electrons. The number of hydrogen-bond acceptors (Lipinski definition) is 2. The number of nitrogens with two attached hydrogens (primary N) is 1. The maximum Gasteiger partial charge on any atom is 0.122 e. The second kappa shape index (κ2) is 6.39. The van der Waals surface area contributed by atoms with Crippen LogP contribution in [0.1, 0.15) is 29.7 Å². The Morgan fingerprint density at radius 2 is 1.74 bits per heavy atom.